The monoisotopic (exact) mass is 331 g/mol. The molecule has 1 aromatic heterocycles. The van der Waals surface area contributed by atoms with Crippen LogP contribution in [0.3, 0.4) is 0 Å². The molecule has 1 heterocycles. The topological polar surface area (TPSA) is 37.0 Å². The molecule has 0 bridgehead atoms. The Morgan fingerprint density at radius 3 is 2.82 bits per heavy atom. The predicted octanol–water partition coefficient (Wildman–Crippen LogP) is 4.00. The third-order valence-corrected chi connectivity index (χ3v) is 4.40. The minimum atomic E-state index is 0.662. The number of thioether (sulfide) groups is 1. The first kappa shape index (κ1) is 16.8. The largest absolute Gasteiger partial charge is 0.362 e. The third-order valence-electron chi connectivity index (χ3n) is 3.04. The zero-order chi connectivity index (χ0) is 15.6. The van der Waals surface area contributed by atoms with Crippen LogP contribution in [0.1, 0.15) is 17.5 Å². The summed E-state index contributed by atoms with van der Waals surface area (Å²) in [4.78, 5) is 3.97. The minimum absolute atomic E-state index is 0.662. The molecule has 0 fully saturated rings. The second-order valence-corrected chi connectivity index (χ2v) is 6.53. The van der Waals surface area contributed by atoms with Crippen LogP contribution in [0, 0.1) is 6.92 Å². The normalized spacial score (nSPS) is 10.2. The van der Waals surface area contributed by atoms with Crippen molar-refractivity contribution in [3.8, 4) is 0 Å². The molecule has 0 aliphatic rings. The van der Waals surface area contributed by atoms with Gasteiger partial charge in [-0.05, 0) is 49.0 Å². The summed E-state index contributed by atoms with van der Waals surface area (Å²) in [5.74, 6) is 2.19. The molecule has 3 nitrogen and oxygen atoms in total. The average molecular weight is 332 g/mol. The number of nitrogens with zero attached hydrogens (tertiary/aromatic N) is 1. The number of rotatable bonds is 7. The van der Waals surface area contributed by atoms with Crippen molar-refractivity contribution in [2.24, 2.45) is 0 Å². The molecule has 0 spiro atoms. The number of hydrogen-bond donors (Lipinski definition) is 2. The Hall–Kier alpha value is -1.59. The second-order valence-electron chi connectivity index (χ2n) is 5.01. The van der Waals surface area contributed by atoms with Gasteiger partial charge in [-0.25, -0.2) is 0 Å². The second kappa shape index (κ2) is 9.43. The molecule has 0 aliphatic carbocycles. The van der Waals surface area contributed by atoms with Gasteiger partial charge in [0.15, 0.2) is 5.11 Å². The van der Waals surface area contributed by atoms with Crippen molar-refractivity contribution in [1.82, 2.24) is 10.3 Å². The molecule has 0 radical (unpaired) electrons. The zero-order valence-electron chi connectivity index (χ0n) is 12.7. The van der Waals surface area contributed by atoms with Crippen molar-refractivity contribution < 1.29 is 0 Å². The predicted molar refractivity (Wildman–Crippen MR) is 100 cm³/mol. The van der Waals surface area contributed by atoms with E-state index in [1.807, 2.05) is 23.9 Å². The Morgan fingerprint density at radius 1 is 1.23 bits per heavy atom. The first-order valence-corrected chi connectivity index (χ1v) is 8.88. The number of aryl methyl sites for hydroxylation is 1. The summed E-state index contributed by atoms with van der Waals surface area (Å²) in [5.41, 5.74) is 3.68. The van der Waals surface area contributed by atoms with Crippen LogP contribution in [-0.2, 0) is 5.75 Å². The molecule has 0 saturated heterocycles. The van der Waals surface area contributed by atoms with E-state index in [2.05, 4.69) is 46.8 Å². The van der Waals surface area contributed by atoms with Crippen LogP contribution >= 0.6 is 24.0 Å². The molecule has 2 aromatic rings. The molecule has 2 N–H and O–H groups in total. The molecule has 5 heteroatoms. The van der Waals surface area contributed by atoms with E-state index in [0.717, 1.165) is 30.2 Å². The van der Waals surface area contributed by atoms with Crippen LogP contribution < -0.4 is 10.6 Å². The lowest BCUT2D eigenvalue weighted by Crippen LogP contribution is -2.29. The van der Waals surface area contributed by atoms with Gasteiger partial charge in [0, 0.05) is 30.4 Å². The van der Waals surface area contributed by atoms with E-state index in [1.165, 1.54) is 11.1 Å². The van der Waals surface area contributed by atoms with Gasteiger partial charge in [-0.1, -0.05) is 29.8 Å². The Balaban J connectivity index is 1.55. The lowest BCUT2D eigenvalue weighted by molar-refractivity contribution is 0.854. The Kier molecular flexibility index (Phi) is 7.19. The van der Waals surface area contributed by atoms with Gasteiger partial charge in [-0.2, -0.15) is 11.8 Å². The van der Waals surface area contributed by atoms with E-state index in [-0.39, 0.29) is 0 Å². The maximum Gasteiger partial charge on any atom is 0.170 e. The van der Waals surface area contributed by atoms with Crippen molar-refractivity contribution >= 4 is 34.8 Å². The molecule has 0 unspecified atom stereocenters. The van der Waals surface area contributed by atoms with E-state index < -0.39 is 0 Å². The van der Waals surface area contributed by atoms with Crippen molar-refractivity contribution in [3.05, 3.63) is 59.9 Å². The van der Waals surface area contributed by atoms with Gasteiger partial charge in [0.05, 0.1) is 0 Å². The van der Waals surface area contributed by atoms with Crippen molar-refractivity contribution in [2.75, 3.05) is 17.6 Å². The SMILES string of the molecule is Cc1cccc(CSCCCNC(=S)Nc2ccncc2)c1. The fourth-order valence-electron chi connectivity index (χ4n) is 1.98. The van der Waals surface area contributed by atoms with Gasteiger partial charge in [0.1, 0.15) is 0 Å². The summed E-state index contributed by atoms with van der Waals surface area (Å²) in [7, 11) is 0. The number of benzene rings is 1. The number of hydrogen-bond acceptors (Lipinski definition) is 3. The molecule has 0 aliphatic heterocycles. The molecule has 0 atom stereocenters. The third kappa shape index (κ3) is 6.45. The molecule has 22 heavy (non-hydrogen) atoms. The van der Waals surface area contributed by atoms with Crippen molar-refractivity contribution in [2.45, 2.75) is 19.1 Å². The fraction of sp³-hybridized carbons (Fsp3) is 0.294. The van der Waals surface area contributed by atoms with Crippen LogP contribution in [-0.4, -0.2) is 22.4 Å². The quantitative estimate of drug-likeness (QED) is 0.592. The summed E-state index contributed by atoms with van der Waals surface area (Å²) in [5, 5.41) is 7.03. The lowest BCUT2D eigenvalue weighted by Gasteiger charge is -2.10. The van der Waals surface area contributed by atoms with Gasteiger partial charge in [0.2, 0.25) is 0 Å². The minimum Gasteiger partial charge on any atom is -0.362 e. The average Bonchev–Trinajstić information content (AvgIpc) is 2.52. The maximum absolute atomic E-state index is 5.26. The van der Waals surface area contributed by atoms with Gasteiger partial charge in [0.25, 0.3) is 0 Å². The molecular weight excluding hydrogens is 310 g/mol. The molecule has 2 rings (SSSR count). The summed E-state index contributed by atoms with van der Waals surface area (Å²) < 4.78 is 0. The lowest BCUT2D eigenvalue weighted by atomic mass is 10.2. The van der Waals surface area contributed by atoms with E-state index in [4.69, 9.17) is 12.2 Å². The van der Waals surface area contributed by atoms with Crippen molar-refractivity contribution in [3.63, 3.8) is 0 Å². The van der Waals surface area contributed by atoms with E-state index in [0.29, 0.717) is 5.11 Å². The number of thiocarbonyl (C=S) groups is 1. The Bertz CT molecular complexity index is 587. The standard InChI is InChI=1S/C17H21N3S2/c1-14-4-2-5-15(12-14)13-22-11-3-8-19-17(21)20-16-6-9-18-10-7-16/h2,4-7,9-10,12H,3,8,11,13H2,1H3,(H2,18,19,20,21). The van der Waals surface area contributed by atoms with E-state index in [9.17, 15) is 0 Å². The highest BCUT2D eigenvalue weighted by atomic mass is 32.2. The molecule has 0 amide bonds. The first-order chi connectivity index (χ1) is 10.7. The molecule has 0 saturated carbocycles. The van der Waals surface area contributed by atoms with Gasteiger partial charge in [-0.3, -0.25) is 4.98 Å². The number of aromatic nitrogens is 1. The number of anilines is 1. The highest BCUT2D eigenvalue weighted by molar-refractivity contribution is 7.98. The van der Waals surface area contributed by atoms with Crippen LogP contribution in [0.2, 0.25) is 0 Å². The van der Waals surface area contributed by atoms with E-state index in [1.54, 1.807) is 12.4 Å². The van der Waals surface area contributed by atoms with Gasteiger partial charge >= 0.3 is 0 Å². The number of nitrogens with one attached hydrogen (secondary N) is 2. The summed E-state index contributed by atoms with van der Waals surface area (Å²) in [6.45, 7) is 3.02. The van der Waals surface area contributed by atoms with Crippen LogP contribution in [0.4, 0.5) is 5.69 Å². The van der Waals surface area contributed by atoms with Crippen molar-refractivity contribution in [1.29, 1.82) is 0 Å². The Labute approximate surface area is 141 Å². The number of pyridine rings is 1. The smallest absolute Gasteiger partial charge is 0.170 e. The maximum atomic E-state index is 5.26. The van der Waals surface area contributed by atoms with Crippen LogP contribution in [0.5, 0.6) is 0 Å². The van der Waals surface area contributed by atoms with Crippen LogP contribution in [0.25, 0.3) is 0 Å². The van der Waals surface area contributed by atoms with Gasteiger partial charge in [-0.15, -0.1) is 0 Å². The van der Waals surface area contributed by atoms with E-state index >= 15 is 0 Å². The summed E-state index contributed by atoms with van der Waals surface area (Å²) in [6, 6.07) is 12.5. The zero-order valence-corrected chi connectivity index (χ0v) is 14.3. The summed E-state index contributed by atoms with van der Waals surface area (Å²) >= 11 is 7.21. The van der Waals surface area contributed by atoms with Crippen LogP contribution in [0.15, 0.2) is 48.8 Å². The molecule has 1 aromatic carbocycles. The fourth-order valence-corrected chi connectivity index (χ4v) is 3.11. The summed E-state index contributed by atoms with van der Waals surface area (Å²) in [6.07, 6.45) is 4.58. The molecular formula is C17H21N3S2. The molecule has 116 valence electrons. The highest BCUT2D eigenvalue weighted by Gasteiger charge is 1.97. The highest BCUT2D eigenvalue weighted by Crippen LogP contribution is 2.14. The van der Waals surface area contributed by atoms with Gasteiger partial charge < -0.3 is 10.6 Å². The Morgan fingerprint density at radius 2 is 2.05 bits per heavy atom. The first-order valence-electron chi connectivity index (χ1n) is 7.32.